The van der Waals surface area contributed by atoms with Crippen LogP contribution in [0.2, 0.25) is 5.02 Å². The van der Waals surface area contributed by atoms with Gasteiger partial charge in [0.25, 0.3) is 0 Å². The fraction of sp³-hybridized carbons (Fsp3) is 0.364. The number of carbonyl (C=O) groups excluding carboxylic acids is 2. The average Bonchev–Trinajstić information content (AvgIpc) is 2.74. The molecule has 2 aromatic rings. The van der Waals surface area contributed by atoms with E-state index < -0.39 is 0 Å². The SMILES string of the molecule is CCN(CC(=O)NC[C@@H]1COc2ccccc2O1)CC(=O)Nc1cc(Cl)ccc1C. The first-order valence-corrected chi connectivity index (χ1v) is 10.3. The summed E-state index contributed by atoms with van der Waals surface area (Å²) < 4.78 is 11.5. The van der Waals surface area contributed by atoms with Gasteiger partial charge in [0, 0.05) is 10.7 Å². The molecule has 0 aliphatic carbocycles. The molecule has 1 heterocycles. The van der Waals surface area contributed by atoms with Gasteiger partial charge in [-0.2, -0.15) is 0 Å². The van der Waals surface area contributed by atoms with Crippen molar-refractivity contribution in [2.75, 3.05) is 38.1 Å². The summed E-state index contributed by atoms with van der Waals surface area (Å²) in [4.78, 5) is 26.5. The van der Waals surface area contributed by atoms with Gasteiger partial charge < -0.3 is 20.1 Å². The predicted octanol–water partition coefficient (Wildman–Crippen LogP) is 2.87. The number of amides is 2. The van der Waals surface area contributed by atoms with Crippen LogP contribution in [0, 0.1) is 6.92 Å². The first kappa shape index (κ1) is 21.9. The largest absolute Gasteiger partial charge is 0.486 e. The zero-order chi connectivity index (χ0) is 21.5. The molecule has 0 radical (unpaired) electrons. The first-order chi connectivity index (χ1) is 14.4. The molecular weight excluding hydrogens is 406 g/mol. The number of ether oxygens (including phenoxy) is 2. The third-order valence-corrected chi connectivity index (χ3v) is 4.98. The van der Waals surface area contributed by atoms with Crippen molar-refractivity contribution < 1.29 is 19.1 Å². The lowest BCUT2D eigenvalue weighted by Crippen LogP contribution is -2.45. The van der Waals surface area contributed by atoms with Crippen LogP contribution in [0.15, 0.2) is 42.5 Å². The third kappa shape index (κ3) is 6.11. The molecule has 1 aliphatic rings. The van der Waals surface area contributed by atoms with Crippen LogP contribution in [-0.4, -0.2) is 55.6 Å². The van der Waals surface area contributed by atoms with Crippen LogP contribution < -0.4 is 20.1 Å². The van der Waals surface area contributed by atoms with Gasteiger partial charge >= 0.3 is 0 Å². The number of likely N-dealkylation sites (N-methyl/N-ethyl adjacent to an activating group) is 1. The number of aryl methyl sites for hydroxylation is 1. The second kappa shape index (κ2) is 10.3. The smallest absolute Gasteiger partial charge is 0.238 e. The number of benzene rings is 2. The van der Waals surface area contributed by atoms with E-state index in [4.69, 9.17) is 21.1 Å². The van der Waals surface area contributed by atoms with Crippen LogP contribution >= 0.6 is 11.6 Å². The second-order valence-electron chi connectivity index (χ2n) is 7.11. The molecular formula is C22H26ClN3O4. The van der Waals surface area contributed by atoms with Crippen molar-refractivity contribution in [2.45, 2.75) is 20.0 Å². The number of fused-ring (bicyclic) bond motifs is 1. The van der Waals surface area contributed by atoms with Gasteiger partial charge in [0.15, 0.2) is 11.5 Å². The Morgan fingerprint density at radius 2 is 1.87 bits per heavy atom. The minimum absolute atomic E-state index is 0.103. The van der Waals surface area contributed by atoms with Crippen LogP contribution in [-0.2, 0) is 9.59 Å². The lowest BCUT2D eigenvalue weighted by molar-refractivity contribution is -0.123. The summed E-state index contributed by atoms with van der Waals surface area (Å²) >= 11 is 6.00. The average molecular weight is 432 g/mol. The molecule has 0 unspecified atom stereocenters. The van der Waals surface area contributed by atoms with Crippen molar-refractivity contribution in [3.05, 3.63) is 53.1 Å². The minimum Gasteiger partial charge on any atom is -0.486 e. The lowest BCUT2D eigenvalue weighted by Gasteiger charge is -2.27. The van der Waals surface area contributed by atoms with E-state index in [-0.39, 0.29) is 31.0 Å². The van der Waals surface area contributed by atoms with Gasteiger partial charge in [0.1, 0.15) is 12.7 Å². The highest BCUT2D eigenvalue weighted by Gasteiger charge is 2.21. The van der Waals surface area contributed by atoms with Crippen molar-refractivity contribution in [3.8, 4) is 11.5 Å². The van der Waals surface area contributed by atoms with Crippen LogP contribution in [0.3, 0.4) is 0 Å². The molecule has 1 atom stereocenters. The number of nitrogens with zero attached hydrogens (tertiary/aromatic N) is 1. The fourth-order valence-corrected chi connectivity index (χ4v) is 3.22. The van der Waals surface area contributed by atoms with Gasteiger partial charge in [-0.25, -0.2) is 0 Å². The molecule has 0 fully saturated rings. The predicted molar refractivity (Wildman–Crippen MR) is 116 cm³/mol. The summed E-state index contributed by atoms with van der Waals surface area (Å²) in [6.45, 7) is 5.28. The molecule has 2 amide bonds. The van der Waals surface area contributed by atoms with E-state index in [0.29, 0.717) is 41.9 Å². The number of para-hydroxylation sites is 2. The van der Waals surface area contributed by atoms with Gasteiger partial charge in [-0.3, -0.25) is 14.5 Å². The normalized spacial score (nSPS) is 15.0. The van der Waals surface area contributed by atoms with Gasteiger partial charge in [0.05, 0.1) is 19.6 Å². The lowest BCUT2D eigenvalue weighted by atomic mass is 10.2. The Bertz CT molecular complexity index is 906. The molecule has 0 spiro atoms. The van der Waals surface area contributed by atoms with Gasteiger partial charge in [0.2, 0.25) is 11.8 Å². The van der Waals surface area contributed by atoms with E-state index in [0.717, 1.165) is 5.56 Å². The molecule has 0 saturated carbocycles. The van der Waals surface area contributed by atoms with Crippen molar-refractivity contribution in [2.24, 2.45) is 0 Å². The summed E-state index contributed by atoms with van der Waals surface area (Å²) in [5.74, 6) is 1.01. The number of hydrogen-bond donors (Lipinski definition) is 2. The van der Waals surface area contributed by atoms with Crippen LogP contribution in [0.5, 0.6) is 11.5 Å². The zero-order valence-corrected chi connectivity index (χ0v) is 17.9. The molecule has 7 nitrogen and oxygen atoms in total. The highest BCUT2D eigenvalue weighted by Crippen LogP contribution is 2.30. The molecule has 0 aromatic heterocycles. The molecule has 8 heteroatoms. The quantitative estimate of drug-likeness (QED) is 0.671. The van der Waals surface area contributed by atoms with Crippen molar-refractivity contribution in [3.63, 3.8) is 0 Å². The number of nitrogens with one attached hydrogen (secondary N) is 2. The van der Waals surface area contributed by atoms with Crippen molar-refractivity contribution in [1.29, 1.82) is 0 Å². The van der Waals surface area contributed by atoms with Crippen LogP contribution in [0.1, 0.15) is 12.5 Å². The summed E-state index contributed by atoms with van der Waals surface area (Å²) in [7, 11) is 0. The maximum Gasteiger partial charge on any atom is 0.238 e. The standard InChI is InChI=1S/C22H26ClN3O4/c1-3-26(13-22(28)25-18-10-16(23)9-8-15(18)2)12-21(27)24-11-17-14-29-19-6-4-5-7-20(19)30-17/h4-10,17H,3,11-14H2,1-2H3,(H,24,27)(H,25,28)/t17-/m1/s1. The Morgan fingerprint density at radius 3 is 2.63 bits per heavy atom. The Morgan fingerprint density at radius 1 is 1.13 bits per heavy atom. The van der Waals surface area contributed by atoms with Crippen molar-refractivity contribution in [1.82, 2.24) is 10.2 Å². The Hall–Kier alpha value is -2.77. The minimum atomic E-state index is -0.256. The molecule has 0 bridgehead atoms. The first-order valence-electron chi connectivity index (χ1n) is 9.88. The second-order valence-corrected chi connectivity index (χ2v) is 7.55. The Labute approximate surface area is 181 Å². The number of anilines is 1. The maximum absolute atomic E-state index is 12.4. The van der Waals surface area contributed by atoms with Crippen molar-refractivity contribution >= 4 is 29.1 Å². The Balaban J connectivity index is 1.44. The van der Waals surface area contributed by atoms with Gasteiger partial charge in [-0.1, -0.05) is 36.7 Å². The summed E-state index contributed by atoms with van der Waals surface area (Å²) in [6.07, 6.45) is -0.256. The molecule has 1 aliphatic heterocycles. The van der Waals surface area contributed by atoms with Crippen LogP contribution in [0.25, 0.3) is 0 Å². The number of halogens is 1. The molecule has 0 saturated heterocycles. The third-order valence-electron chi connectivity index (χ3n) is 4.75. The van der Waals surface area contributed by atoms with Crippen LogP contribution in [0.4, 0.5) is 5.69 Å². The van der Waals surface area contributed by atoms with Gasteiger partial charge in [-0.05, 0) is 43.3 Å². The number of rotatable bonds is 8. The summed E-state index contributed by atoms with van der Waals surface area (Å²) in [5, 5.41) is 6.26. The van der Waals surface area contributed by atoms with E-state index in [1.165, 1.54) is 0 Å². The summed E-state index contributed by atoms with van der Waals surface area (Å²) in [5.41, 5.74) is 1.59. The van der Waals surface area contributed by atoms with Gasteiger partial charge in [-0.15, -0.1) is 0 Å². The molecule has 2 aromatic carbocycles. The molecule has 160 valence electrons. The topological polar surface area (TPSA) is 79.9 Å². The number of carbonyl (C=O) groups is 2. The zero-order valence-electron chi connectivity index (χ0n) is 17.1. The maximum atomic E-state index is 12.4. The monoisotopic (exact) mass is 431 g/mol. The summed E-state index contributed by atoms with van der Waals surface area (Å²) in [6, 6.07) is 12.8. The highest BCUT2D eigenvalue weighted by atomic mass is 35.5. The van der Waals surface area contributed by atoms with E-state index in [1.807, 2.05) is 44.2 Å². The van der Waals surface area contributed by atoms with E-state index in [9.17, 15) is 9.59 Å². The molecule has 30 heavy (non-hydrogen) atoms. The Kier molecular flexibility index (Phi) is 7.54. The number of hydrogen-bond acceptors (Lipinski definition) is 5. The van der Waals surface area contributed by atoms with E-state index in [2.05, 4.69) is 10.6 Å². The van der Waals surface area contributed by atoms with E-state index in [1.54, 1.807) is 17.0 Å². The molecule has 3 rings (SSSR count). The fourth-order valence-electron chi connectivity index (χ4n) is 3.05. The van der Waals surface area contributed by atoms with E-state index >= 15 is 0 Å². The molecule has 2 N–H and O–H groups in total. The highest BCUT2D eigenvalue weighted by molar-refractivity contribution is 6.31.